The Balaban J connectivity index is 2.26. The molecule has 3 rings (SSSR count). The fraction of sp³-hybridized carbons (Fsp3) is 0.407. The van der Waals surface area contributed by atoms with Gasteiger partial charge in [-0.15, -0.1) is 0 Å². The number of amides is 1. The van der Waals surface area contributed by atoms with Crippen LogP contribution in [-0.4, -0.2) is 81.2 Å². The van der Waals surface area contributed by atoms with Crippen molar-refractivity contribution in [3.63, 3.8) is 0 Å². The first-order chi connectivity index (χ1) is 17.5. The van der Waals surface area contributed by atoms with Gasteiger partial charge in [0.25, 0.3) is 11.7 Å². The molecule has 1 atom stereocenters. The van der Waals surface area contributed by atoms with Gasteiger partial charge in [-0.2, -0.15) is 0 Å². The van der Waals surface area contributed by atoms with Crippen molar-refractivity contribution >= 4 is 29.1 Å². The normalized spacial score (nSPS) is 17.0. The largest absolute Gasteiger partial charge is 0.507 e. The third-order valence-corrected chi connectivity index (χ3v) is 6.22. The number of carbonyl (C=O) groups is 2. The third kappa shape index (κ3) is 5.78. The van der Waals surface area contributed by atoms with Crippen LogP contribution in [0, 0.1) is 0 Å². The number of Topliss-reactive ketones (excluding diaryl/α,β-unsaturated/α-hetero) is 1. The SMILES string of the molecule is COc1cc(/C(O)=C2\C(=O)C(=O)N(CCN(C)C)C2c2ccc(OC(C)C)c(OC)c2)c(OC)cc1Cl. The molecule has 1 heterocycles. The molecule has 37 heavy (non-hydrogen) atoms. The van der Waals surface area contributed by atoms with Crippen LogP contribution in [0.5, 0.6) is 23.0 Å². The van der Waals surface area contributed by atoms with Crippen LogP contribution in [0.1, 0.15) is 31.0 Å². The molecule has 1 amide bonds. The van der Waals surface area contributed by atoms with Crippen molar-refractivity contribution in [1.82, 2.24) is 9.80 Å². The van der Waals surface area contributed by atoms with Gasteiger partial charge in [0, 0.05) is 19.2 Å². The number of aliphatic hydroxyl groups is 1. The summed E-state index contributed by atoms with van der Waals surface area (Å²) in [4.78, 5) is 30.0. The Kier molecular flexibility index (Phi) is 8.94. The first-order valence-corrected chi connectivity index (χ1v) is 12.1. The average molecular weight is 533 g/mol. The van der Waals surface area contributed by atoms with Crippen molar-refractivity contribution in [1.29, 1.82) is 0 Å². The number of aliphatic hydroxyl groups excluding tert-OH is 1. The van der Waals surface area contributed by atoms with Gasteiger partial charge in [0.05, 0.1) is 49.6 Å². The Morgan fingerprint density at radius 2 is 1.65 bits per heavy atom. The quantitative estimate of drug-likeness (QED) is 0.277. The average Bonchev–Trinajstić information content (AvgIpc) is 3.11. The summed E-state index contributed by atoms with van der Waals surface area (Å²) >= 11 is 6.24. The fourth-order valence-corrected chi connectivity index (χ4v) is 4.39. The second-order valence-corrected chi connectivity index (χ2v) is 9.47. The van der Waals surface area contributed by atoms with Gasteiger partial charge in [-0.1, -0.05) is 17.7 Å². The number of benzene rings is 2. The molecule has 0 saturated carbocycles. The summed E-state index contributed by atoms with van der Waals surface area (Å²) < 4.78 is 22.1. The van der Waals surface area contributed by atoms with Crippen LogP contribution < -0.4 is 18.9 Å². The monoisotopic (exact) mass is 532 g/mol. The lowest BCUT2D eigenvalue weighted by Crippen LogP contribution is -2.35. The number of ketones is 1. The van der Waals surface area contributed by atoms with Gasteiger partial charge in [0.1, 0.15) is 17.3 Å². The lowest BCUT2D eigenvalue weighted by atomic mass is 9.94. The highest BCUT2D eigenvalue weighted by Gasteiger charge is 2.46. The predicted molar refractivity (Wildman–Crippen MR) is 141 cm³/mol. The molecule has 9 nitrogen and oxygen atoms in total. The van der Waals surface area contributed by atoms with Crippen LogP contribution in [-0.2, 0) is 9.59 Å². The van der Waals surface area contributed by atoms with E-state index in [9.17, 15) is 14.7 Å². The molecule has 2 aromatic rings. The standard InChI is InChI=1S/C27H33ClN2O7/c1-15(2)37-19-9-8-16(12-22(19)36-7)24-23(26(32)27(33)30(24)11-10-29(3)4)25(31)17-13-21(35-6)18(28)14-20(17)34-5/h8-9,12-15,24,31H,10-11H2,1-7H3/b25-23+. The molecule has 1 aliphatic rings. The zero-order valence-electron chi connectivity index (χ0n) is 22.1. The van der Waals surface area contributed by atoms with E-state index in [1.54, 1.807) is 18.2 Å². The minimum Gasteiger partial charge on any atom is -0.507 e. The maximum atomic E-state index is 13.4. The van der Waals surface area contributed by atoms with E-state index in [2.05, 4.69) is 0 Å². The highest BCUT2D eigenvalue weighted by Crippen LogP contribution is 2.44. The van der Waals surface area contributed by atoms with Crippen molar-refractivity contribution < 1.29 is 33.6 Å². The van der Waals surface area contributed by atoms with Crippen LogP contribution in [0.3, 0.4) is 0 Å². The summed E-state index contributed by atoms with van der Waals surface area (Å²) in [6.45, 7) is 4.56. The van der Waals surface area contributed by atoms with Gasteiger partial charge in [0.15, 0.2) is 11.5 Å². The minimum atomic E-state index is -0.881. The maximum Gasteiger partial charge on any atom is 0.295 e. The second kappa shape index (κ2) is 11.7. The Morgan fingerprint density at radius 1 is 1.00 bits per heavy atom. The summed E-state index contributed by atoms with van der Waals surface area (Å²) in [5.74, 6) is -0.456. The fourth-order valence-electron chi connectivity index (χ4n) is 4.16. The summed E-state index contributed by atoms with van der Waals surface area (Å²) in [6, 6.07) is 7.27. The number of hydrogen-bond donors (Lipinski definition) is 1. The lowest BCUT2D eigenvalue weighted by molar-refractivity contribution is -0.140. The van der Waals surface area contributed by atoms with E-state index < -0.39 is 23.5 Å². The van der Waals surface area contributed by atoms with E-state index in [1.165, 1.54) is 38.4 Å². The number of likely N-dealkylation sites (N-methyl/N-ethyl adjacent to an activating group) is 1. The number of ether oxygens (including phenoxy) is 4. The Morgan fingerprint density at radius 3 is 2.22 bits per heavy atom. The molecule has 0 aromatic heterocycles. The molecule has 10 heteroatoms. The van der Waals surface area contributed by atoms with E-state index in [0.29, 0.717) is 23.6 Å². The highest BCUT2D eigenvalue weighted by atomic mass is 35.5. The molecule has 1 unspecified atom stereocenters. The molecule has 0 spiro atoms. The van der Waals surface area contributed by atoms with Crippen LogP contribution in [0.25, 0.3) is 5.76 Å². The molecule has 1 fully saturated rings. The van der Waals surface area contributed by atoms with Crippen molar-refractivity contribution in [3.05, 3.63) is 52.1 Å². The number of rotatable bonds is 10. The van der Waals surface area contributed by atoms with Crippen molar-refractivity contribution in [3.8, 4) is 23.0 Å². The minimum absolute atomic E-state index is 0.0778. The second-order valence-electron chi connectivity index (χ2n) is 9.06. The van der Waals surface area contributed by atoms with Gasteiger partial charge in [-0.05, 0) is 51.7 Å². The van der Waals surface area contributed by atoms with Crippen LogP contribution in [0.15, 0.2) is 35.9 Å². The molecule has 1 saturated heterocycles. The van der Waals surface area contributed by atoms with Crippen LogP contribution in [0.4, 0.5) is 0 Å². The van der Waals surface area contributed by atoms with Crippen LogP contribution >= 0.6 is 11.6 Å². The first kappa shape index (κ1) is 28.1. The van der Waals surface area contributed by atoms with E-state index in [1.807, 2.05) is 32.8 Å². The van der Waals surface area contributed by atoms with Gasteiger partial charge in [-0.25, -0.2) is 0 Å². The number of likely N-dealkylation sites (tertiary alicyclic amines) is 1. The number of nitrogens with zero attached hydrogens (tertiary/aromatic N) is 2. The molecule has 1 N–H and O–H groups in total. The predicted octanol–water partition coefficient (Wildman–Crippen LogP) is 4.14. The van der Waals surface area contributed by atoms with Crippen molar-refractivity contribution in [2.75, 3.05) is 48.5 Å². The summed E-state index contributed by atoms with van der Waals surface area (Å²) in [5, 5.41) is 11.8. The Bertz CT molecular complexity index is 1210. The number of halogens is 1. The van der Waals surface area contributed by atoms with Gasteiger partial charge < -0.3 is 33.9 Å². The van der Waals surface area contributed by atoms with E-state index in [4.69, 9.17) is 30.5 Å². The van der Waals surface area contributed by atoms with Gasteiger partial charge >= 0.3 is 0 Å². The maximum absolute atomic E-state index is 13.4. The van der Waals surface area contributed by atoms with Crippen molar-refractivity contribution in [2.45, 2.75) is 26.0 Å². The summed E-state index contributed by atoms with van der Waals surface area (Å²) in [5.41, 5.74) is 0.671. The molecule has 0 bridgehead atoms. The zero-order chi connectivity index (χ0) is 27.4. The molecule has 1 aliphatic heterocycles. The third-order valence-electron chi connectivity index (χ3n) is 5.92. The van der Waals surface area contributed by atoms with Crippen molar-refractivity contribution in [2.24, 2.45) is 0 Å². The zero-order valence-corrected chi connectivity index (χ0v) is 22.9. The molecule has 0 radical (unpaired) electrons. The smallest absolute Gasteiger partial charge is 0.295 e. The molecular formula is C27H33ClN2O7. The Hall–Kier alpha value is -3.43. The van der Waals surface area contributed by atoms with Crippen LogP contribution in [0.2, 0.25) is 5.02 Å². The van der Waals surface area contributed by atoms with Gasteiger partial charge in [-0.3, -0.25) is 9.59 Å². The Labute approximate surface area is 222 Å². The highest BCUT2D eigenvalue weighted by molar-refractivity contribution is 6.46. The molecule has 200 valence electrons. The molecule has 0 aliphatic carbocycles. The topological polar surface area (TPSA) is 97.8 Å². The summed E-state index contributed by atoms with van der Waals surface area (Å²) in [6.07, 6.45) is -0.0853. The number of methoxy groups -OCH3 is 3. The van der Waals surface area contributed by atoms with E-state index >= 15 is 0 Å². The number of hydrogen-bond acceptors (Lipinski definition) is 8. The summed E-state index contributed by atoms with van der Waals surface area (Å²) in [7, 11) is 8.11. The molecular weight excluding hydrogens is 500 g/mol. The van der Waals surface area contributed by atoms with E-state index in [-0.39, 0.29) is 40.3 Å². The lowest BCUT2D eigenvalue weighted by Gasteiger charge is -2.27. The van der Waals surface area contributed by atoms with E-state index in [0.717, 1.165) is 0 Å². The number of carbonyl (C=O) groups excluding carboxylic acids is 2. The first-order valence-electron chi connectivity index (χ1n) is 11.7. The van der Waals surface area contributed by atoms with Gasteiger partial charge in [0.2, 0.25) is 0 Å². The molecule has 2 aromatic carbocycles.